The molecule has 0 bridgehead atoms. The predicted octanol–water partition coefficient (Wildman–Crippen LogP) is 15.6. The Bertz CT molecular complexity index is 1080. The van der Waals surface area contributed by atoms with Crippen LogP contribution in [0.5, 0.6) is 0 Å². The third-order valence-corrected chi connectivity index (χ3v) is 12.4. The maximum atomic E-state index is 12.8. The third-order valence-electron chi connectivity index (χ3n) is 12.4. The lowest BCUT2D eigenvalue weighted by atomic mass is 10.0. The molecular formula is C55H104NO7+. The van der Waals surface area contributed by atoms with Crippen molar-refractivity contribution < 1.29 is 38.2 Å². The van der Waals surface area contributed by atoms with Crippen LogP contribution in [-0.2, 0) is 28.6 Å². The zero-order chi connectivity index (χ0) is 46.3. The fourth-order valence-electron chi connectivity index (χ4n) is 8.20. The van der Waals surface area contributed by atoms with Gasteiger partial charge in [0.2, 0.25) is 0 Å². The van der Waals surface area contributed by atoms with Crippen LogP contribution in [0.4, 0.5) is 0 Å². The lowest BCUT2D eigenvalue weighted by molar-refractivity contribution is -0.887. The molecule has 370 valence electrons. The van der Waals surface area contributed by atoms with E-state index < -0.39 is 18.1 Å². The minimum Gasteiger partial charge on any atom is -0.477 e. The van der Waals surface area contributed by atoms with E-state index in [1.807, 2.05) is 21.1 Å². The van der Waals surface area contributed by atoms with Crippen LogP contribution < -0.4 is 0 Å². The molecule has 0 aliphatic carbocycles. The number of carbonyl (C=O) groups is 3. The summed E-state index contributed by atoms with van der Waals surface area (Å²) in [7, 11) is 5.55. The molecule has 0 saturated carbocycles. The van der Waals surface area contributed by atoms with Gasteiger partial charge in [-0.15, -0.1) is 0 Å². The first-order valence-electron chi connectivity index (χ1n) is 26.9. The van der Waals surface area contributed by atoms with Gasteiger partial charge >= 0.3 is 17.9 Å². The molecule has 2 atom stereocenters. The van der Waals surface area contributed by atoms with Crippen LogP contribution in [0.1, 0.15) is 258 Å². The summed E-state index contributed by atoms with van der Waals surface area (Å²) in [6, 6.07) is -0.613. The van der Waals surface area contributed by atoms with E-state index in [-0.39, 0.29) is 36.2 Å². The molecule has 1 N–H and O–H groups in total. The summed E-state index contributed by atoms with van der Waals surface area (Å²) < 4.78 is 17.4. The average Bonchev–Trinajstić information content (AvgIpc) is 3.24. The van der Waals surface area contributed by atoms with E-state index in [4.69, 9.17) is 14.2 Å². The number of carbonyl (C=O) groups excluding carboxylic acids is 2. The van der Waals surface area contributed by atoms with E-state index in [9.17, 15) is 19.5 Å². The summed E-state index contributed by atoms with van der Waals surface area (Å²) in [5.74, 6) is -1.45. The molecule has 0 amide bonds. The quantitative estimate of drug-likeness (QED) is 0.0281. The predicted molar refractivity (Wildman–Crippen MR) is 266 cm³/mol. The van der Waals surface area contributed by atoms with Gasteiger partial charge in [0.25, 0.3) is 0 Å². The molecule has 63 heavy (non-hydrogen) atoms. The van der Waals surface area contributed by atoms with Crippen molar-refractivity contribution in [1.29, 1.82) is 0 Å². The smallest absolute Gasteiger partial charge is 0.362 e. The van der Waals surface area contributed by atoms with Crippen molar-refractivity contribution in [2.45, 2.75) is 270 Å². The first-order chi connectivity index (χ1) is 30.6. The molecule has 8 heteroatoms. The van der Waals surface area contributed by atoms with E-state index in [2.05, 4.69) is 38.2 Å². The molecule has 0 fully saturated rings. The summed E-state index contributed by atoms with van der Waals surface area (Å²) in [5, 5.41) is 9.66. The summed E-state index contributed by atoms with van der Waals surface area (Å²) in [4.78, 5) is 37.2. The van der Waals surface area contributed by atoms with Crippen LogP contribution in [0.25, 0.3) is 0 Å². The van der Waals surface area contributed by atoms with E-state index in [1.54, 1.807) is 0 Å². The number of quaternary nitrogens is 1. The highest BCUT2D eigenvalue weighted by molar-refractivity contribution is 5.72. The number of nitrogens with zero attached hydrogens (tertiary/aromatic N) is 1. The minimum absolute atomic E-state index is 0.0469. The van der Waals surface area contributed by atoms with Crippen LogP contribution in [0.15, 0.2) is 24.3 Å². The van der Waals surface area contributed by atoms with E-state index in [0.29, 0.717) is 19.3 Å². The number of likely N-dealkylation sites (N-methyl/N-ethyl adjacent to an activating group) is 1. The Balaban J connectivity index is 4.19. The molecule has 0 aliphatic rings. The van der Waals surface area contributed by atoms with Crippen LogP contribution >= 0.6 is 0 Å². The Morgan fingerprint density at radius 1 is 0.476 bits per heavy atom. The van der Waals surface area contributed by atoms with Crippen LogP contribution in [0.2, 0.25) is 0 Å². The zero-order valence-electron chi connectivity index (χ0n) is 42.3. The molecule has 0 heterocycles. The van der Waals surface area contributed by atoms with Gasteiger partial charge in [-0.2, -0.15) is 0 Å². The van der Waals surface area contributed by atoms with Gasteiger partial charge in [0.15, 0.2) is 12.1 Å². The van der Waals surface area contributed by atoms with Crippen LogP contribution in [0.3, 0.4) is 0 Å². The molecule has 0 saturated heterocycles. The van der Waals surface area contributed by atoms with E-state index in [0.717, 1.165) is 38.5 Å². The standard InChI is InChI=1S/C55H103NO7/c1-6-8-10-12-14-16-18-20-22-24-26-28-30-32-34-36-38-40-42-44-46-54(58)63-51(49-61-48-47-52(55(59)60)56(3,4)5)50-62-53(57)45-43-41-39-37-35-33-31-29-27-25-23-21-19-17-15-13-11-9-7-2/h16,18,20,22,51-52H,6-15,17,19,21,23-50H2,1-5H3/p+1/b18-16+,22-20+. The van der Waals surface area contributed by atoms with Crippen molar-refractivity contribution in [2.24, 2.45) is 0 Å². The molecule has 2 unspecified atom stereocenters. The summed E-state index contributed by atoms with van der Waals surface area (Å²) in [6.07, 6.45) is 53.7. The molecule has 0 radical (unpaired) electrons. The van der Waals surface area contributed by atoms with Gasteiger partial charge in [-0.1, -0.05) is 224 Å². The van der Waals surface area contributed by atoms with Crippen molar-refractivity contribution in [3.63, 3.8) is 0 Å². The van der Waals surface area contributed by atoms with Gasteiger partial charge in [0.1, 0.15) is 6.61 Å². The number of unbranched alkanes of at least 4 members (excludes halogenated alkanes) is 32. The van der Waals surface area contributed by atoms with Crippen molar-refractivity contribution in [3.05, 3.63) is 24.3 Å². The summed E-state index contributed by atoms with van der Waals surface area (Å²) in [6.45, 7) is 4.76. The van der Waals surface area contributed by atoms with Gasteiger partial charge in [-0.3, -0.25) is 9.59 Å². The zero-order valence-corrected chi connectivity index (χ0v) is 42.3. The maximum Gasteiger partial charge on any atom is 0.362 e. The highest BCUT2D eigenvalue weighted by Gasteiger charge is 2.31. The number of aliphatic carboxylic acids is 1. The molecule has 0 rings (SSSR count). The van der Waals surface area contributed by atoms with E-state index >= 15 is 0 Å². The normalized spacial score (nSPS) is 13.0. The molecule has 0 aromatic heterocycles. The second kappa shape index (κ2) is 46.3. The molecule has 0 aromatic rings. The fraction of sp³-hybridized carbons (Fsp3) is 0.873. The van der Waals surface area contributed by atoms with Crippen LogP contribution in [-0.4, -0.2) is 80.6 Å². The van der Waals surface area contributed by atoms with Crippen LogP contribution in [0, 0.1) is 0 Å². The number of ether oxygens (including phenoxy) is 3. The second-order valence-corrected chi connectivity index (χ2v) is 19.5. The van der Waals surface area contributed by atoms with Gasteiger partial charge in [0, 0.05) is 19.3 Å². The topological polar surface area (TPSA) is 99.1 Å². The minimum atomic E-state index is -0.872. The maximum absolute atomic E-state index is 12.8. The van der Waals surface area contributed by atoms with Gasteiger partial charge in [0.05, 0.1) is 34.4 Å². The number of hydrogen-bond donors (Lipinski definition) is 1. The molecule has 0 aliphatic heterocycles. The molecular weight excluding hydrogens is 787 g/mol. The molecule has 0 aromatic carbocycles. The lowest BCUT2D eigenvalue weighted by Crippen LogP contribution is -2.50. The number of carboxylic acid groups (broad SMARTS) is 1. The Hall–Kier alpha value is -2.19. The highest BCUT2D eigenvalue weighted by atomic mass is 16.6. The number of hydrogen-bond acceptors (Lipinski definition) is 6. The Morgan fingerprint density at radius 2 is 0.825 bits per heavy atom. The summed E-state index contributed by atoms with van der Waals surface area (Å²) in [5.41, 5.74) is 0. The lowest BCUT2D eigenvalue weighted by Gasteiger charge is -2.31. The SMILES string of the molecule is CCCCCC/C=C/C=C/CCCCCCCCCCCCC(=O)OC(COCCC(C(=O)O)[N+](C)(C)C)COC(=O)CCCCCCCCCCCCCCCCCCCCC. The van der Waals surface area contributed by atoms with Gasteiger partial charge in [-0.05, 0) is 38.5 Å². The van der Waals surface area contributed by atoms with Crippen molar-refractivity contribution >= 4 is 17.9 Å². The summed E-state index contributed by atoms with van der Waals surface area (Å²) >= 11 is 0. The Labute approximate surface area is 390 Å². The third kappa shape index (κ3) is 44.8. The molecule has 0 spiro atoms. The Kier molecular flexibility index (Phi) is 44.7. The first-order valence-corrected chi connectivity index (χ1v) is 26.9. The highest BCUT2D eigenvalue weighted by Crippen LogP contribution is 2.17. The fourth-order valence-corrected chi connectivity index (χ4v) is 8.20. The number of carboxylic acids is 1. The van der Waals surface area contributed by atoms with Gasteiger partial charge in [-0.25, -0.2) is 4.79 Å². The van der Waals surface area contributed by atoms with Crippen molar-refractivity contribution in [1.82, 2.24) is 0 Å². The van der Waals surface area contributed by atoms with Crippen molar-refractivity contribution in [2.75, 3.05) is 41.0 Å². The molecule has 8 nitrogen and oxygen atoms in total. The van der Waals surface area contributed by atoms with E-state index in [1.165, 1.54) is 186 Å². The van der Waals surface area contributed by atoms with Gasteiger partial charge < -0.3 is 23.8 Å². The second-order valence-electron chi connectivity index (χ2n) is 19.5. The van der Waals surface area contributed by atoms with Crippen molar-refractivity contribution in [3.8, 4) is 0 Å². The Morgan fingerprint density at radius 3 is 1.21 bits per heavy atom. The number of allylic oxidation sites excluding steroid dienone is 4. The number of rotatable bonds is 49. The average molecular weight is 891 g/mol. The largest absolute Gasteiger partial charge is 0.477 e. The monoisotopic (exact) mass is 891 g/mol. The first kappa shape index (κ1) is 60.8. The number of esters is 2.